The molecule has 1 aliphatic heterocycles. The summed E-state index contributed by atoms with van der Waals surface area (Å²) >= 11 is 0. The maximum absolute atomic E-state index is 12.1. The first-order valence-electron chi connectivity index (χ1n) is 6.29. The van der Waals surface area contributed by atoms with Crippen LogP contribution in [0.15, 0.2) is 28.9 Å². The number of morpholine rings is 1. The molecule has 1 aliphatic rings. The Morgan fingerprint density at radius 1 is 1.63 bits per heavy atom. The van der Waals surface area contributed by atoms with Crippen LogP contribution < -0.4 is 0 Å². The highest BCUT2D eigenvalue weighted by atomic mass is 16.5. The van der Waals surface area contributed by atoms with E-state index in [1.807, 2.05) is 13.8 Å². The Labute approximate surface area is 112 Å². The zero-order valence-corrected chi connectivity index (χ0v) is 11.2. The van der Waals surface area contributed by atoms with E-state index in [2.05, 4.69) is 0 Å². The summed E-state index contributed by atoms with van der Waals surface area (Å²) in [6, 6.07) is 3.55. The average Bonchev–Trinajstić information content (AvgIpc) is 2.87. The van der Waals surface area contributed by atoms with E-state index in [1.165, 1.54) is 6.08 Å². The van der Waals surface area contributed by atoms with E-state index in [0.717, 1.165) is 0 Å². The van der Waals surface area contributed by atoms with Gasteiger partial charge >= 0.3 is 0 Å². The summed E-state index contributed by atoms with van der Waals surface area (Å²) in [5, 5.41) is 9.21. The van der Waals surface area contributed by atoms with Gasteiger partial charge in [-0.2, -0.15) is 0 Å². The number of carbonyl (C=O) groups excluding carboxylic acids is 1. The van der Waals surface area contributed by atoms with Crippen LogP contribution in [0.1, 0.15) is 19.6 Å². The molecule has 1 saturated heterocycles. The van der Waals surface area contributed by atoms with Gasteiger partial charge in [0.2, 0.25) is 5.91 Å². The molecule has 19 heavy (non-hydrogen) atoms. The zero-order chi connectivity index (χ0) is 13.9. The summed E-state index contributed by atoms with van der Waals surface area (Å²) in [5.74, 6) is 0.533. The van der Waals surface area contributed by atoms with Gasteiger partial charge in [-0.1, -0.05) is 0 Å². The van der Waals surface area contributed by atoms with E-state index < -0.39 is 5.60 Å². The molecule has 0 bridgehead atoms. The molecule has 1 aromatic rings. The van der Waals surface area contributed by atoms with Gasteiger partial charge < -0.3 is 19.2 Å². The molecule has 104 valence electrons. The van der Waals surface area contributed by atoms with Crippen molar-refractivity contribution >= 4 is 12.0 Å². The minimum absolute atomic E-state index is 0.0882. The minimum Gasteiger partial charge on any atom is -0.465 e. The van der Waals surface area contributed by atoms with Crippen LogP contribution in [0.2, 0.25) is 0 Å². The van der Waals surface area contributed by atoms with E-state index in [0.29, 0.717) is 18.8 Å². The molecule has 1 N–H and O–H groups in total. The lowest BCUT2D eigenvalue weighted by atomic mass is 10.1. The molecule has 2 rings (SSSR count). The largest absolute Gasteiger partial charge is 0.465 e. The molecule has 0 radical (unpaired) electrons. The van der Waals surface area contributed by atoms with Crippen LogP contribution in [-0.2, 0) is 9.53 Å². The van der Waals surface area contributed by atoms with Crippen LogP contribution in [0.5, 0.6) is 0 Å². The Bertz CT molecular complexity index is 450. The highest BCUT2D eigenvalue weighted by Crippen LogP contribution is 2.21. The number of nitrogens with zero attached hydrogens (tertiary/aromatic N) is 1. The van der Waals surface area contributed by atoms with Gasteiger partial charge in [-0.3, -0.25) is 4.79 Å². The fraction of sp³-hybridized carbons (Fsp3) is 0.500. The van der Waals surface area contributed by atoms with Gasteiger partial charge in [-0.15, -0.1) is 0 Å². The van der Waals surface area contributed by atoms with E-state index in [9.17, 15) is 9.90 Å². The number of furan rings is 1. The van der Waals surface area contributed by atoms with Crippen molar-refractivity contribution in [3.63, 3.8) is 0 Å². The molecule has 1 atom stereocenters. The van der Waals surface area contributed by atoms with E-state index in [1.54, 1.807) is 29.4 Å². The van der Waals surface area contributed by atoms with Gasteiger partial charge in [-0.25, -0.2) is 0 Å². The fourth-order valence-electron chi connectivity index (χ4n) is 2.20. The molecule has 1 unspecified atom stereocenters. The summed E-state index contributed by atoms with van der Waals surface area (Å²) in [6.45, 7) is 4.64. The second-order valence-corrected chi connectivity index (χ2v) is 5.25. The Balaban J connectivity index is 2.02. The number of amides is 1. The van der Waals surface area contributed by atoms with Crippen LogP contribution in [-0.4, -0.2) is 47.3 Å². The Hall–Kier alpha value is -1.59. The smallest absolute Gasteiger partial charge is 0.246 e. The third-order valence-corrected chi connectivity index (χ3v) is 2.93. The predicted octanol–water partition coefficient (Wildman–Crippen LogP) is 1.29. The topological polar surface area (TPSA) is 62.9 Å². The highest BCUT2D eigenvalue weighted by Gasteiger charge is 2.34. The first-order valence-corrected chi connectivity index (χ1v) is 6.29. The lowest BCUT2D eigenvalue weighted by Gasteiger charge is -2.41. The highest BCUT2D eigenvalue weighted by molar-refractivity contribution is 5.91. The van der Waals surface area contributed by atoms with Gasteiger partial charge in [0, 0.05) is 19.2 Å². The van der Waals surface area contributed by atoms with Crippen molar-refractivity contribution in [3.05, 3.63) is 30.2 Å². The van der Waals surface area contributed by atoms with Crippen LogP contribution in [0.25, 0.3) is 6.08 Å². The molecule has 2 heterocycles. The standard InChI is InChI=1S/C14H19NO4/c1-14(2)10-15(8-12(9-16)19-14)13(17)6-5-11-4-3-7-18-11/h3-7,12,16H,8-10H2,1-2H3/b6-5+. The average molecular weight is 265 g/mol. The van der Waals surface area contributed by atoms with Gasteiger partial charge in [0.1, 0.15) is 5.76 Å². The fourth-order valence-corrected chi connectivity index (χ4v) is 2.20. The molecular formula is C14H19NO4. The number of hydrogen-bond acceptors (Lipinski definition) is 4. The van der Waals surface area contributed by atoms with E-state index >= 15 is 0 Å². The van der Waals surface area contributed by atoms with Crippen LogP contribution >= 0.6 is 0 Å². The maximum Gasteiger partial charge on any atom is 0.246 e. The molecule has 0 saturated carbocycles. The molecule has 5 nitrogen and oxygen atoms in total. The Morgan fingerprint density at radius 2 is 2.42 bits per heavy atom. The molecular weight excluding hydrogens is 246 g/mol. The van der Waals surface area contributed by atoms with Crippen LogP contribution in [0.4, 0.5) is 0 Å². The van der Waals surface area contributed by atoms with Crippen molar-refractivity contribution in [3.8, 4) is 0 Å². The molecule has 1 aromatic heterocycles. The summed E-state index contributed by atoms with van der Waals surface area (Å²) < 4.78 is 10.8. The van der Waals surface area contributed by atoms with Gasteiger partial charge in [0.15, 0.2) is 0 Å². The number of hydrogen-bond donors (Lipinski definition) is 1. The molecule has 1 amide bonds. The van der Waals surface area contributed by atoms with E-state index in [4.69, 9.17) is 9.15 Å². The molecule has 5 heteroatoms. The van der Waals surface area contributed by atoms with Crippen molar-refractivity contribution in [2.75, 3.05) is 19.7 Å². The van der Waals surface area contributed by atoms with Crippen molar-refractivity contribution in [2.45, 2.75) is 25.6 Å². The number of ether oxygens (including phenoxy) is 1. The second kappa shape index (κ2) is 5.59. The summed E-state index contributed by atoms with van der Waals surface area (Å²) in [4.78, 5) is 13.8. The number of aliphatic hydroxyl groups excluding tert-OH is 1. The van der Waals surface area contributed by atoms with Crippen LogP contribution in [0, 0.1) is 0 Å². The minimum atomic E-state index is -0.445. The quantitative estimate of drug-likeness (QED) is 0.837. The summed E-state index contributed by atoms with van der Waals surface area (Å²) in [7, 11) is 0. The normalized spacial score (nSPS) is 22.9. The van der Waals surface area contributed by atoms with Crippen molar-refractivity contribution in [2.24, 2.45) is 0 Å². The lowest BCUT2D eigenvalue weighted by Crippen LogP contribution is -2.55. The molecule has 1 fully saturated rings. The zero-order valence-electron chi connectivity index (χ0n) is 11.2. The van der Waals surface area contributed by atoms with Crippen molar-refractivity contribution < 1.29 is 19.1 Å². The first kappa shape index (κ1) is 13.8. The number of carbonyl (C=O) groups is 1. The number of rotatable bonds is 3. The summed E-state index contributed by atoms with van der Waals surface area (Å²) in [6.07, 6.45) is 4.35. The van der Waals surface area contributed by atoms with Gasteiger partial charge in [0.05, 0.1) is 24.6 Å². The monoisotopic (exact) mass is 265 g/mol. The van der Waals surface area contributed by atoms with E-state index in [-0.39, 0.29) is 18.6 Å². The lowest BCUT2D eigenvalue weighted by molar-refractivity contribution is -0.163. The van der Waals surface area contributed by atoms with Crippen LogP contribution in [0.3, 0.4) is 0 Å². The second-order valence-electron chi connectivity index (χ2n) is 5.25. The van der Waals surface area contributed by atoms with Crippen molar-refractivity contribution in [1.82, 2.24) is 4.90 Å². The Kier molecular flexibility index (Phi) is 4.07. The first-order chi connectivity index (χ1) is 9.00. The Morgan fingerprint density at radius 3 is 3.05 bits per heavy atom. The molecule has 0 aromatic carbocycles. The molecule has 0 spiro atoms. The van der Waals surface area contributed by atoms with Crippen molar-refractivity contribution in [1.29, 1.82) is 0 Å². The van der Waals surface area contributed by atoms with Gasteiger partial charge in [-0.05, 0) is 32.1 Å². The summed E-state index contributed by atoms with van der Waals surface area (Å²) in [5.41, 5.74) is -0.445. The SMILES string of the molecule is CC1(C)CN(C(=O)/C=C/c2ccco2)CC(CO)O1. The molecule has 0 aliphatic carbocycles. The third kappa shape index (κ3) is 3.68. The van der Waals surface area contributed by atoms with Gasteiger partial charge in [0.25, 0.3) is 0 Å². The predicted molar refractivity (Wildman–Crippen MR) is 70.4 cm³/mol. The third-order valence-electron chi connectivity index (χ3n) is 2.93. The maximum atomic E-state index is 12.1. The number of aliphatic hydroxyl groups is 1.